The van der Waals surface area contributed by atoms with Gasteiger partial charge in [0.2, 0.25) is 0 Å². The number of pyridine rings is 1. The molecule has 0 aliphatic rings. The molecule has 0 saturated heterocycles. The van der Waals surface area contributed by atoms with E-state index in [1.807, 2.05) is 43.5 Å². The van der Waals surface area contributed by atoms with Crippen LogP contribution in [0.2, 0.25) is 5.02 Å². The third kappa shape index (κ3) is 1.64. The van der Waals surface area contributed by atoms with E-state index < -0.39 is 0 Å². The first-order valence-electron chi connectivity index (χ1n) is 4.44. The van der Waals surface area contributed by atoms with Crippen molar-refractivity contribution in [1.82, 2.24) is 4.98 Å². The van der Waals surface area contributed by atoms with Gasteiger partial charge in [0.25, 0.3) is 0 Å². The Bertz CT molecular complexity index is 417. The molecule has 0 aliphatic carbocycles. The van der Waals surface area contributed by atoms with Gasteiger partial charge in [-0.2, -0.15) is 0 Å². The highest BCUT2D eigenvalue weighted by Gasteiger charge is 2.05. The predicted molar refractivity (Wildman–Crippen MR) is 59.4 cm³/mol. The Labute approximate surface area is 88.4 Å². The lowest BCUT2D eigenvalue weighted by Crippen LogP contribution is -1.86. The van der Waals surface area contributed by atoms with E-state index in [0.29, 0.717) is 5.02 Å². The number of hydrogen-bond acceptors (Lipinski definition) is 1. The van der Waals surface area contributed by atoms with Crippen LogP contribution in [0.3, 0.4) is 0 Å². The third-order valence-corrected chi connectivity index (χ3v) is 2.44. The van der Waals surface area contributed by atoms with Gasteiger partial charge in [0, 0.05) is 18.0 Å². The standard InChI is InChI=1S/C12H10ClN/c1-9-7-14-8-11(13)12(9)10-5-3-2-4-6-10/h2-8H,1H3. The average Bonchev–Trinajstić information content (AvgIpc) is 2.19. The van der Waals surface area contributed by atoms with Crippen LogP contribution in [0.15, 0.2) is 42.7 Å². The molecule has 70 valence electrons. The first kappa shape index (κ1) is 9.22. The van der Waals surface area contributed by atoms with Crippen molar-refractivity contribution in [2.75, 3.05) is 0 Å². The van der Waals surface area contributed by atoms with Gasteiger partial charge in [-0.25, -0.2) is 0 Å². The van der Waals surface area contributed by atoms with Crippen molar-refractivity contribution in [1.29, 1.82) is 0 Å². The van der Waals surface area contributed by atoms with Gasteiger partial charge in [0.15, 0.2) is 0 Å². The zero-order chi connectivity index (χ0) is 9.97. The Hall–Kier alpha value is -1.34. The molecule has 1 heterocycles. The van der Waals surface area contributed by atoms with Gasteiger partial charge in [-0.3, -0.25) is 4.98 Å². The second-order valence-corrected chi connectivity index (χ2v) is 3.59. The number of halogens is 1. The van der Waals surface area contributed by atoms with E-state index in [9.17, 15) is 0 Å². The van der Waals surface area contributed by atoms with Crippen LogP contribution in [0, 0.1) is 6.92 Å². The van der Waals surface area contributed by atoms with Crippen LogP contribution in [-0.2, 0) is 0 Å². The monoisotopic (exact) mass is 203 g/mol. The Morgan fingerprint density at radius 2 is 1.79 bits per heavy atom. The van der Waals surface area contributed by atoms with E-state index in [-0.39, 0.29) is 0 Å². The van der Waals surface area contributed by atoms with Crippen molar-refractivity contribution >= 4 is 11.6 Å². The first-order valence-corrected chi connectivity index (χ1v) is 4.82. The largest absolute Gasteiger partial charge is 0.263 e. The molecule has 0 bridgehead atoms. The maximum atomic E-state index is 6.10. The molecule has 0 atom stereocenters. The molecule has 0 N–H and O–H groups in total. The van der Waals surface area contributed by atoms with Crippen LogP contribution in [0.25, 0.3) is 11.1 Å². The number of aromatic nitrogens is 1. The molecule has 0 amide bonds. The Morgan fingerprint density at radius 3 is 2.43 bits per heavy atom. The maximum Gasteiger partial charge on any atom is 0.0670 e. The number of aryl methyl sites for hydroxylation is 1. The molecule has 2 rings (SSSR count). The summed E-state index contributed by atoms with van der Waals surface area (Å²) in [6.45, 7) is 2.02. The highest BCUT2D eigenvalue weighted by molar-refractivity contribution is 6.33. The topological polar surface area (TPSA) is 12.9 Å². The predicted octanol–water partition coefficient (Wildman–Crippen LogP) is 3.71. The van der Waals surface area contributed by atoms with Crippen molar-refractivity contribution in [3.63, 3.8) is 0 Å². The maximum absolute atomic E-state index is 6.10. The molecule has 2 aromatic rings. The molecule has 0 fully saturated rings. The third-order valence-electron chi connectivity index (χ3n) is 2.15. The van der Waals surface area contributed by atoms with E-state index >= 15 is 0 Å². The molecule has 0 aliphatic heterocycles. The van der Waals surface area contributed by atoms with Crippen molar-refractivity contribution < 1.29 is 0 Å². The molecule has 1 aromatic carbocycles. The van der Waals surface area contributed by atoms with Gasteiger partial charge in [0.1, 0.15) is 0 Å². The number of hydrogen-bond donors (Lipinski definition) is 0. The van der Waals surface area contributed by atoms with E-state index in [0.717, 1.165) is 16.7 Å². The van der Waals surface area contributed by atoms with Gasteiger partial charge >= 0.3 is 0 Å². The minimum absolute atomic E-state index is 0.705. The summed E-state index contributed by atoms with van der Waals surface area (Å²) in [4.78, 5) is 4.04. The van der Waals surface area contributed by atoms with Gasteiger partial charge < -0.3 is 0 Å². The lowest BCUT2D eigenvalue weighted by atomic mass is 10.0. The van der Waals surface area contributed by atoms with Crippen LogP contribution >= 0.6 is 11.6 Å². The summed E-state index contributed by atoms with van der Waals surface area (Å²) >= 11 is 6.10. The summed E-state index contributed by atoms with van der Waals surface area (Å²) < 4.78 is 0. The molecular weight excluding hydrogens is 194 g/mol. The summed E-state index contributed by atoms with van der Waals surface area (Å²) in [5.74, 6) is 0. The van der Waals surface area contributed by atoms with Crippen LogP contribution < -0.4 is 0 Å². The lowest BCUT2D eigenvalue weighted by Gasteiger charge is -2.06. The van der Waals surface area contributed by atoms with Crippen molar-refractivity contribution in [3.05, 3.63) is 53.3 Å². The molecular formula is C12H10ClN. The van der Waals surface area contributed by atoms with Crippen molar-refractivity contribution in [2.45, 2.75) is 6.92 Å². The van der Waals surface area contributed by atoms with Gasteiger partial charge in [-0.15, -0.1) is 0 Å². The smallest absolute Gasteiger partial charge is 0.0670 e. The molecule has 0 saturated carbocycles. The Morgan fingerprint density at radius 1 is 1.07 bits per heavy atom. The number of nitrogens with zero attached hydrogens (tertiary/aromatic N) is 1. The van der Waals surface area contributed by atoms with Gasteiger partial charge in [-0.1, -0.05) is 41.9 Å². The highest BCUT2D eigenvalue weighted by Crippen LogP contribution is 2.29. The van der Waals surface area contributed by atoms with Gasteiger partial charge in [0.05, 0.1) is 5.02 Å². The molecule has 0 radical (unpaired) electrons. The second kappa shape index (κ2) is 3.81. The van der Waals surface area contributed by atoms with Crippen LogP contribution in [0.5, 0.6) is 0 Å². The normalized spacial score (nSPS) is 10.1. The Kier molecular flexibility index (Phi) is 2.51. The van der Waals surface area contributed by atoms with E-state index in [1.54, 1.807) is 6.20 Å². The molecule has 0 spiro atoms. The Balaban J connectivity index is 2.63. The summed E-state index contributed by atoms with van der Waals surface area (Å²) in [6, 6.07) is 10.1. The zero-order valence-corrected chi connectivity index (χ0v) is 8.62. The summed E-state index contributed by atoms with van der Waals surface area (Å²) in [5.41, 5.74) is 3.31. The van der Waals surface area contributed by atoms with E-state index in [2.05, 4.69) is 4.98 Å². The summed E-state index contributed by atoms with van der Waals surface area (Å²) in [5, 5.41) is 0.705. The average molecular weight is 204 g/mol. The molecule has 1 nitrogen and oxygen atoms in total. The quantitative estimate of drug-likeness (QED) is 0.689. The fourth-order valence-corrected chi connectivity index (χ4v) is 1.82. The SMILES string of the molecule is Cc1cncc(Cl)c1-c1ccccc1. The van der Waals surface area contributed by atoms with Crippen LogP contribution in [-0.4, -0.2) is 4.98 Å². The summed E-state index contributed by atoms with van der Waals surface area (Å²) in [6.07, 6.45) is 3.51. The minimum atomic E-state index is 0.705. The van der Waals surface area contributed by atoms with Crippen LogP contribution in [0.1, 0.15) is 5.56 Å². The lowest BCUT2D eigenvalue weighted by molar-refractivity contribution is 1.27. The molecule has 2 heteroatoms. The number of benzene rings is 1. The van der Waals surface area contributed by atoms with Crippen LogP contribution in [0.4, 0.5) is 0 Å². The second-order valence-electron chi connectivity index (χ2n) is 3.18. The first-order chi connectivity index (χ1) is 6.79. The zero-order valence-electron chi connectivity index (χ0n) is 7.87. The minimum Gasteiger partial charge on any atom is -0.263 e. The molecule has 0 unspecified atom stereocenters. The fourth-order valence-electron chi connectivity index (χ4n) is 1.50. The van der Waals surface area contributed by atoms with E-state index in [1.165, 1.54) is 0 Å². The fraction of sp³-hybridized carbons (Fsp3) is 0.0833. The van der Waals surface area contributed by atoms with Crippen molar-refractivity contribution in [3.8, 4) is 11.1 Å². The number of rotatable bonds is 1. The van der Waals surface area contributed by atoms with Gasteiger partial charge in [-0.05, 0) is 18.1 Å². The molecule has 14 heavy (non-hydrogen) atoms. The van der Waals surface area contributed by atoms with Crippen molar-refractivity contribution in [2.24, 2.45) is 0 Å². The summed E-state index contributed by atoms with van der Waals surface area (Å²) in [7, 11) is 0. The van der Waals surface area contributed by atoms with E-state index in [4.69, 9.17) is 11.6 Å². The molecule has 1 aromatic heterocycles. The highest BCUT2D eigenvalue weighted by atomic mass is 35.5.